The van der Waals surface area contributed by atoms with Gasteiger partial charge in [-0.25, -0.2) is 4.98 Å². The van der Waals surface area contributed by atoms with Crippen molar-refractivity contribution in [1.29, 1.82) is 0 Å². The maximum absolute atomic E-state index is 12.4. The highest BCUT2D eigenvalue weighted by atomic mass is 19.4. The van der Waals surface area contributed by atoms with Gasteiger partial charge >= 0.3 is 6.18 Å². The maximum atomic E-state index is 12.4. The number of imidazole rings is 1. The average Bonchev–Trinajstić information content (AvgIpc) is 2.78. The fraction of sp³-hybridized carbons (Fsp3) is 0.182. The van der Waals surface area contributed by atoms with Gasteiger partial charge in [-0.3, -0.25) is 0 Å². The van der Waals surface area contributed by atoms with E-state index in [2.05, 4.69) is 15.3 Å². The molecule has 0 unspecified atom stereocenters. The number of aromatic nitrogens is 2. The van der Waals surface area contributed by atoms with Crippen LogP contribution in [0.1, 0.15) is 11.3 Å². The monoisotopic (exact) mass is 241 g/mol. The number of H-pyrrole nitrogens is 1. The van der Waals surface area contributed by atoms with Gasteiger partial charge in [0.25, 0.3) is 0 Å². The van der Waals surface area contributed by atoms with E-state index in [1.807, 2.05) is 0 Å². The first kappa shape index (κ1) is 11.5. The van der Waals surface area contributed by atoms with Crippen molar-refractivity contribution in [1.82, 2.24) is 9.97 Å². The zero-order chi connectivity index (χ0) is 12.3. The van der Waals surface area contributed by atoms with E-state index >= 15 is 0 Å². The van der Waals surface area contributed by atoms with Crippen LogP contribution in [0, 0.1) is 0 Å². The molecular weight excluding hydrogens is 231 g/mol. The third-order valence-corrected chi connectivity index (χ3v) is 2.23. The van der Waals surface area contributed by atoms with Gasteiger partial charge in [0, 0.05) is 11.9 Å². The van der Waals surface area contributed by atoms with Gasteiger partial charge < -0.3 is 10.3 Å². The number of hydrogen-bond donors (Lipinski definition) is 2. The predicted octanol–water partition coefficient (Wildman–Crippen LogP) is 3.04. The smallest absolute Gasteiger partial charge is 0.379 e. The van der Waals surface area contributed by atoms with Crippen LogP contribution in [-0.2, 0) is 12.7 Å². The van der Waals surface area contributed by atoms with Gasteiger partial charge in [0.1, 0.15) is 0 Å². The first-order chi connectivity index (χ1) is 8.05. The fourth-order valence-electron chi connectivity index (χ4n) is 1.38. The Bertz CT molecular complexity index is 477. The van der Waals surface area contributed by atoms with Crippen LogP contribution in [0.15, 0.2) is 36.8 Å². The van der Waals surface area contributed by atoms with Crippen LogP contribution in [-0.4, -0.2) is 9.97 Å². The van der Waals surface area contributed by atoms with E-state index in [4.69, 9.17) is 0 Å². The van der Waals surface area contributed by atoms with E-state index < -0.39 is 11.7 Å². The third kappa shape index (κ3) is 2.99. The van der Waals surface area contributed by atoms with Crippen molar-refractivity contribution >= 4 is 5.69 Å². The molecule has 1 aromatic carbocycles. The van der Waals surface area contributed by atoms with E-state index in [0.29, 0.717) is 12.2 Å². The molecule has 1 heterocycles. The van der Waals surface area contributed by atoms with Gasteiger partial charge in [-0.05, 0) is 18.2 Å². The summed E-state index contributed by atoms with van der Waals surface area (Å²) < 4.78 is 37.3. The molecule has 6 heteroatoms. The van der Waals surface area contributed by atoms with Gasteiger partial charge in [-0.2, -0.15) is 13.2 Å². The number of nitrogens with one attached hydrogen (secondary N) is 2. The zero-order valence-electron chi connectivity index (χ0n) is 8.75. The van der Waals surface area contributed by atoms with Crippen LogP contribution in [0.2, 0.25) is 0 Å². The van der Waals surface area contributed by atoms with Crippen LogP contribution >= 0.6 is 0 Å². The van der Waals surface area contributed by atoms with Gasteiger partial charge in [0.05, 0.1) is 24.1 Å². The van der Waals surface area contributed by atoms with E-state index in [0.717, 1.165) is 17.8 Å². The number of anilines is 1. The molecule has 0 saturated carbocycles. The van der Waals surface area contributed by atoms with Crippen molar-refractivity contribution in [3.05, 3.63) is 48.0 Å². The minimum absolute atomic E-state index is 0.404. The molecule has 1 aromatic heterocycles. The molecule has 0 bridgehead atoms. The molecule has 0 spiro atoms. The minimum Gasteiger partial charge on any atom is -0.379 e. The number of benzene rings is 1. The predicted molar refractivity (Wildman–Crippen MR) is 57.4 cm³/mol. The molecule has 0 saturated heterocycles. The lowest BCUT2D eigenvalue weighted by molar-refractivity contribution is -0.137. The third-order valence-electron chi connectivity index (χ3n) is 2.23. The molecule has 17 heavy (non-hydrogen) atoms. The molecule has 0 fully saturated rings. The second kappa shape index (κ2) is 4.48. The Morgan fingerprint density at radius 1 is 1.29 bits per heavy atom. The van der Waals surface area contributed by atoms with Crippen molar-refractivity contribution in [3.8, 4) is 0 Å². The zero-order valence-corrected chi connectivity index (χ0v) is 8.75. The molecule has 2 aromatic rings. The molecule has 0 radical (unpaired) electrons. The van der Waals surface area contributed by atoms with Crippen molar-refractivity contribution in [2.75, 3.05) is 5.32 Å². The number of hydrogen-bond acceptors (Lipinski definition) is 2. The molecule has 0 aliphatic carbocycles. The van der Waals surface area contributed by atoms with Crippen LogP contribution in [0.25, 0.3) is 0 Å². The van der Waals surface area contributed by atoms with Crippen LogP contribution < -0.4 is 5.32 Å². The SMILES string of the molecule is FC(F)(F)c1cccc(NCc2cnc[nH]2)c1. The number of alkyl halides is 3. The lowest BCUT2D eigenvalue weighted by Crippen LogP contribution is -2.06. The van der Waals surface area contributed by atoms with Gasteiger partial charge in [-0.1, -0.05) is 6.07 Å². The standard InChI is InChI=1S/C11H10F3N3/c12-11(13,14)8-2-1-3-9(4-8)16-6-10-5-15-7-17-10/h1-5,7,16H,6H2,(H,15,17). The summed E-state index contributed by atoms with van der Waals surface area (Å²) in [6, 6.07) is 5.08. The average molecular weight is 241 g/mol. The summed E-state index contributed by atoms with van der Waals surface area (Å²) in [7, 11) is 0. The van der Waals surface area contributed by atoms with Gasteiger partial charge in [-0.15, -0.1) is 0 Å². The number of nitrogens with zero attached hydrogens (tertiary/aromatic N) is 1. The normalized spacial score (nSPS) is 11.5. The number of aromatic amines is 1. The Labute approximate surface area is 95.7 Å². The Hall–Kier alpha value is -1.98. The second-order valence-electron chi connectivity index (χ2n) is 3.51. The van der Waals surface area contributed by atoms with Crippen LogP contribution in [0.5, 0.6) is 0 Å². The first-order valence-corrected chi connectivity index (χ1v) is 4.94. The largest absolute Gasteiger partial charge is 0.416 e. The number of rotatable bonds is 3. The molecule has 0 atom stereocenters. The molecule has 0 aliphatic heterocycles. The Balaban J connectivity index is 2.07. The Kier molecular flexibility index (Phi) is 3.03. The highest BCUT2D eigenvalue weighted by Gasteiger charge is 2.30. The highest BCUT2D eigenvalue weighted by Crippen LogP contribution is 2.30. The van der Waals surface area contributed by atoms with E-state index in [1.54, 1.807) is 12.3 Å². The summed E-state index contributed by atoms with van der Waals surface area (Å²) in [5, 5.41) is 2.89. The van der Waals surface area contributed by atoms with Gasteiger partial charge in [0.2, 0.25) is 0 Å². The van der Waals surface area contributed by atoms with Crippen LogP contribution in [0.4, 0.5) is 18.9 Å². The second-order valence-corrected chi connectivity index (χ2v) is 3.51. The van der Waals surface area contributed by atoms with Crippen molar-refractivity contribution in [2.24, 2.45) is 0 Å². The van der Waals surface area contributed by atoms with Gasteiger partial charge in [0.15, 0.2) is 0 Å². The van der Waals surface area contributed by atoms with Crippen molar-refractivity contribution < 1.29 is 13.2 Å². The Morgan fingerprint density at radius 2 is 2.12 bits per heavy atom. The molecule has 0 amide bonds. The Morgan fingerprint density at radius 3 is 2.76 bits per heavy atom. The highest BCUT2D eigenvalue weighted by molar-refractivity contribution is 5.46. The molecule has 0 aliphatic rings. The quantitative estimate of drug-likeness (QED) is 0.867. The van der Waals surface area contributed by atoms with E-state index in [1.165, 1.54) is 12.4 Å². The summed E-state index contributed by atoms with van der Waals surface area (Å²) in [6.45, 7) is 0.404. The summed E-state index contributed by atoms with van der Waals surface area (Å²) in [6.07, 6.45) is -1.19. The summed E-state index contributed by atoms with van der Waals surface area (Å²) >= 11 is 0. The van der Waals surface area contributed by atoms with Crippen LogP contribution in [0.3, 0.4) is 0 Å². The molecule has 90 valence electrons. The lowest BCUT2D eigenvalue weighted by atomic mass is 10.2. The summed E-state index contributed by atoms with van der Waals surface area (Å²) in [5.74, 6) is 0. The summed E-state index contributed by atoms with van der Waals surface area (Å²) in [4.78, 5) is 6.67. The topological polar surface area (TPSA) is 40.7 Å². The molecule has 3 nitrogen and oxygen atoms in total. The first-order valence-electron chi connectivity index (χ1n) is 4.94. The van der Waals surface area contributed by atoms with Crippen molar-refractivity contribution in [2.45, 2.75) is 12.7 Å². The maximum Gasteiger partial charge on any atom is 0.416 e. The summed E-state index contributed by atoms with van der Waals surface area (Å²) in [5.41, 5.74) is 0.573. The van der Waals surface area contributed by atoms with E-state index in [9.17, 15) is 13.2 Å². The molecule has 2 N–H and O–H groups in total. The fourth-order valence-corrected chi connectivity index (χ4v) is 1.38. The van der Waals surface area contributed by atoms with Crippen molar-refractivity contribution in [3.63, 3.8) is 0 Å². The number of halogens is 3. The minimum atomic E-state index is -4.31. The molecular formula is C11H10F3N3. The van der Waals surface area contributed by atoms with E-state index in [-0.39, 0.29) is 0 Å². The lowest BCUT2D eigenvalue weighted by Gasteiger charge is -2.09. The molecule has 2 rings (SSSR count).